The van der Waals surface area contributed by atoms with Crippen LogP contribution >= 0.6 is 11.6 Å². The van der Waals surface area contributed by atoms with E-state index < -0.39 is 10.4 Å². The van der Waals surface area contributed by atoms with Crippen molar-refractivity contribution in [3.8, 4) is 0 Å². The number of hydrogen-bond donors (Lipinski definition) is 1. The lowest BCUT2D eigenvalue weighted by molar-refractivity contribution is -0.404. The van der Waals surface area contributed by atoms with E-state index in [1.165, 1.54) is 0 Å². The first-order valence-electron chi connectivity index (χ1n) is 6.00. The number of nitrogens with one attached hydrogen (secondary N) is 1. The van der Waals surface area contributed by atoms with Gasteiger partial charge in [-0.3, -0.25) is 15.1 Å². The Labute approximate surface area is 117 Å². The quantitative estimate of drug-likeness (QED) is 0.360. The Balaban J connectivity index is 3.00. The van der Waals surface area contributed by atoms with Crippen molar-refractivity contribution < 1.29 is 4.92 Å². The average molecular weight is 285 g/mol. The average Bonchev–Trinajstić information content (AvgIpc) is 2.40. The zero-order valence-corrected chi connectivity index (χ0v) is 11.7. The molecule has 0 spiro atoms. The Morgan fingerprint density at radius 2 is 2.42 bits per heavy atom. The molecule has 6 nitrogen and oxygen atoms in total. The van der Waals surface area contributed by atoms with Crippen molar-refractivity contribution in [2.24, 2.45) is 0 Å². The molecule has 7 heteroatoms. The van der Waals surface area contributed by atoms with Crippen LogP contribution in [0.25, 0.3) is 0 Å². The lowest BCUT2D eigenvalue weighted by Gasteiger charge is -2.29. The number of halogens is 1. The van der Waals surface area contributed by atoms with Crippen LogP contribution in [0.5, 0.6) is 0 Å². The topological polar surface area (TPSA) is 71.3 Å². The van der Waals surface area contributed by atoms with Crippen molar-refractivity contribution in [1.82, 2.24) is 15.2 Å². The molecular weight excluding hydrogens is 268 g/mol. The molecule has 0 saturated heterocycles. The van der Waals surface area contributed by atoms with Crippen LogP contribution in [0.1, 0.15) is 24.9 Å². The lowest BCUT2D eigenvalue weighted by atomic mass is 10.2. The molecule has 0 bridgehead atoms. The molecule has 0 fully saturated rings. The summed E-state index contributed by atoms with van der Waals surface area (Å²) >= 11 is 6.37. The van der Waals surface area contributed by atoms with E-state index in [0.29, 0.717) is 18.9 Å². The fraction of sp³-hybridized carbons (Fsp3) is 0.417. The molecule has 1 N–H and O–H groups in total. The van der Waals surface area contributed by atoms with Gasteiger partial charge in [-0.1, -0.05) is 17.7 Å². The smallest absolute Gasteiger partial charge is 0.274 e. The van der Waals surface area contributed by atoms with Crippen molar-refractivity contribution in [2.45, 2.75) is 19.3 Å². The van der Waals surface area contributed by atoms with Crippen LogP contribution in [0.4, 0.5) is 0 Å². The van der Waals surface area contributed by atoms with Gasteiger partial charge in [0, 0.05) is 31.0 Å². The van der Waals surface area contributed by atoms with Crippen LogP contribution in [0.15, 0.2) is 36.5 Å². The van der Waals surface area contributed by atoms with Gasteiger partial charge in [-0.15, -0.1) is 0 Å². The van der Waals surface area contributed by atoms with Crippen LogP contribution in [-0.2, 0) is 0 Å². The molecule has 1 aromatic heterocycles. The van der Waals surface area contributed by atoms with Crippen molar-refractivity contribution in [2.75, 3.05) is 13.1 Å². The SMILES string of the molecule is CCN/C(=C\[N+](=O)[O-])N(CC)C(Cl)c1cccnc1. The Hall–Kier alpha value is -1.82. The monoisotopic (exact) mass is 284 g/mol. The maximum absolute atomic E-state index is 10.7. The number of hydrogen-bond acceptors (Lipinski definition) is 5. The highest BCUT2D eigenvalue weighted by atomic mass is 35.5. The summed E-state index contributed by atoms with van der Waals surface area (Å²) in [4.78, 5) is 15.9. The van der Waals surface area contributed by atoms with Crippen molar-refractivity contribution in [3.63, 3.8) is 0 Å². The van der Waals surface area contributed by atoms with Gasteiger partial charge in [-0.25, -0.2) is 0 Å². The Morgan fingerprint density at radius 3 is 2.89 bits per heavy atom. The summed E-state index contributed by atoms with van der Waals surface area (Å²) < 4.78 is 0. The number of nitro groups is 1. The zero-order chi connectivity index (χ0) is 14.3. The minimum atomic E-state index is -0.510. The minimum Gasteiger partial charge on any atom is -0.367 e. The van der Waals surface area contributed by atoms with E-state index >= 15 is 0 Å². The highest BCUT2D eigenvalue weighted by Gasteiger charge is 2.21. The number of nitrogens with zero attached hydrogens (tertiary/aromatic N) is 3. The van der Waals surface area contributed by atoms with Gasteiger partial charge in [0.15, 0.2) is 5.82 Å². The van der Waals surface area contributed by atoms with Gasteiger partial charge in [-0.05, 0) is 19.9 Å². The summed E-state index contributed by atoms with van der Waals surface area (Å²) in [5, 5.41) is 13.6. The van der Waals surface area contributed by atoms with E-state index in [9.17, 15) is 10.1 Å². The molecule has 1 unspecified atom stereocenters. The van der Waals surface area contributed by atoms with E-state index in [4.69, 9.17) is 11.6 Å². The van der Waals surface area contributed by atoms with Gasteiger partial charge >= 0.3 is 0 Å². The first kappa shape index (κ1) is 15.2. The maximum atomic E-state index is 10.7. The van der Waals surface area contributed by atoms with Gasteiger partial charge in [0.2, 0.25) is 0 Å². The van der Waals surface area contributed by atoms with Crippen molar-refractivity contribution in [3.05, 3.63) is 52.2 Å². The maximum Gasteiger partial charge on any atom is 0.274 e. The lowest BCUT2D eigenvalue weighted by Crippen LogP contribution is -2.33. The van der Waals surface area contributed by atoms with E-state index in [1.54, 1.807) is 23.4 Å². The minimum absolute atomic E-state index is 0.388. The Morgan fingerprint density at radius 1 is 1.68 bits per heavy atom. The number of aromatic nitrogens is 1. The second-order valence-corrected chi connectivity index (χ2v) is 4.15. The van der Waals surface area contributed by atoms with Crippen molar-refractivity contribution in [1.29, 1.82) is 0 Å². The van der Waals surface area contributed by atoms with Crippen molar-refractivity contribution >= 4 is 11.6 Å². The molecule has 0 saturated carbocycles. The second-order valence-electron chi connectivity index (χ2n) is 3.74. The van der Waals surface area contributed by atoms with Crippen LogP contribution < -0.4 is 5.32 Å². The molecule has 0 aliphatic heterocycles. The predicted molar refractivity (Wildman–Crippen MR) is 74.0 cm³/mol. The Kier molecular flexibility index (Phi) is 6.08. The van der Waals surface area contributed by atoms with Crippen LogP contribution in [0.2, 0.25) is 0 Å². The molecule has 0 aliphatic carbocycles. The summed E-state index contributed by atoms with van der Waals surface area (Å²) in [7, 11) is 0. The summed E-state index contributed by atoms with van der Waals surface area (Å²) in [6, 6.07) is 3.62. The Bertz CT molecular complexity index is 439. The summed E-state index contributed by atoms with van der Waals surface area (Å²) in [6.07, 6.45) is 4.23. The highest BCUT2D eigenvalue weighted by Crippen LogP contribution is 2.26. The second kappa shape index (κ2) is 7.58. The molecule has 0 aliphatic rings. The number of alkyl halides is 1. The van der Waals surface area contributed by atoms with Gasteiger partial charge in [0.05, 0.1) is 4.92 Å². The van der Waals surface area contributed by atoms with E-state index in [0.717, 1.165) is 11.8 Å². The largest absolute Gasteiger partial charge is 0.367 e. The molecule has 19 heavy (non-hydrogen) atoms. The standard InChI is InChI=1S/C12H17ClN4O2/c1-3-15-11(9-17(18)19)16(4-2)12(13)10-6-5-7-14-8-10/h5-9,12,15H,3-4H2,1-2H3/b11-9+. The summed E-state index contributed by atoms with van der Waals surface area (Å²) in [5.74, 6) is 0.388. The van der Waals surface area contributed by atoms with Gasteiger partial charge in [0.1, 0.15) is 5.50 Å². The van der Waals surface area contributed by atoms with Crippen LogP contribution in [-0.4, -0.2) is 27.9 Å². The van der Waals surface area contributed by atoms with Gasteiger partial charge in [-0.2, -0.15) is 0 Å². The molecule has 0 aromatic carbocycles. The molecule has 1 rings (SSSR count). The predicted octanol–water partition coefficient (Wildman–Crippen LogP) is 2.33. The van der Waals surface area contributed by atoms with E-state index in [-0.39, 0.29) is 0 Å². The third-order valence-corrected chi connectivity index (χ3v) is 2.96. The molecule has 1 aromatic rings. The first-order valence-corrected chi connectivity index (χ1v) is 6.43. The van der Waals surface area contributed by atoms with Crippen LogP contribution in [0.3, 0.4) is 0 Å². The molecular formula is C12H17ClN4O2. The number of pyridine rings is 1. The summed E-state index contributed by atoms with van der Waals surface area (Å²) in [5.41, 5.74) is 0.280. The molecule has 0 radical (unpaired) electrons. The highest BCUT2D eigenvalue weighted by molar-refractivity contribution is 6.20. The third kappa shape index (κ3) is 4.40. The fourth-order valence-electron chi connectivity index (χ4n) is 1.65. The van der Waals surface area contributed by atoms with E-state index in [2.05, 4.69) is 10.3 Å². The normalized spacial score (nSPS) is 12.9. The van der Waals surface area contributed by atoms with Crippen LogP contribution in [0, 0.1) is 10.1 Å². The molecule has 1 atom stereocenters. The molecule has 0 amide bonds. The fourth-order valence-corrected chi connectivity index (χ4v) is 2.02. The van der Waals surface area contributed by atoms with Gasteiger partial charge in [0.25, 0.3) is 6.20 Å². The summed E-state index contributed by atoms with van der Waals surface area (Å²) in [6.45, 7) is 4.87. The zero-order valence-electron chi connectivity index (χ0n) is 10.9. The third-order valence-electron chi connectivity index (χ3n) is 2.47. The molecule has 1 heterocycles. The van der Waals surface area contributed by atoms with Gasteiger partial charge < -0.3 is 10.2 Å². The molecule has 104 valence electrons. The first-order chi connectivity index (χ1) is 9.10. The van der Waals surface area contributed by atoms with E-state index in [1.807, 2.05) is 19.9 Å². The number of rotatable bonds is 7.